The summed E-state index contributed by atoms with van der Waals surface area (Å²) in [5, 5.41) is 25.8. The number of anilines is 7. The lowest BCUT2D eigenvalue weighted by Gasteiger charge is -2.29. The second kappa shape index (κ2) is 14.8. The van der Waals surface area contributed by atoms with Crippen LogP contribution in [0, 0.1) is 0 Å². The minimum atomic E-state index is -4.58. The van der Waals surface area contributed by atoms with Crippen molar-refractivity contribution in [3.8, 4) is 23.0 Å². The number of sulfonamides is 2. The average Bonchev–Trinajstić information content (AvgIpc) is 3.15. The molecule has 0 aliphatic carbocycles. The topological polar surface area (TPSA) is 192 Å². The molecule has 0 unspecified atom stereocenters. The monoisotopic (exact) mass is 740 g/mol. The van der Waals surface area contributed by atoms with E-state index in [4.69, 9.17) is 9.47 Å². The number of phenolic OH excluding ortho intramolecular Hbond substituents is 2. The molecule has 0 aliphatic rings. The number of nitrogens with one attached hydrogen (secondary N) is 3. The third-order valence-electron chi connectivity index (χ3n) is 7.62. The molecule has 0 amide bonds. The van der Waals surface area contributed by atoms with Gasteiger partial charge < -0.3 is 30.3 Å². The highest BCUT2D eigenvalue weighted by molar-refractivity contribution is 7.93. The van der Waals surface area contributed by atoms with Gasteiger partial charge in [-0.3, -0.25) is 4.72 Å². The lowest BCUT2D eigenvalue weighted by atomic mass is 10.2. The van der Waals surface area contributed by atoms with Crippen molar-refractivity contribution in [3.63, 3.8) is 0 Å². The largest absolute Gasteiger partial charge is 0.508 e. The summed E-state index contributed by atoms with van der Waals surface area (Å²) in [4.78, 5) is 8.55. The molecule has 0 spiro atoms. The molecule has 266 valence electrons. The quantitative estimate of drug-likeness (QED) is 0.0787. The molecule has 0 fully saturated rings. The smallest absolute Gasteiger partial charge is 0.268 e. The van der Waals surface area contributed by atoms with Gasteiger partial charge in [0.1, 0.15) is 34.4 Å². The Morgan fingerprint density at radius 1 is 0.577 bits per heavy atom. The Kier molecular flexibility index (Phi) is 10.0. The second-order valence-electron chi connectivity index (χ2n) is 11.0. The van der Waals surface area contributed by atoms with E-state index in [-0.39, 0.29) is 50.0 Å². The van der Waals surface area contributed by atoms with Crippen molar-refractivity contribution in [2.75, 3.05) is 33.9 Å². The van der Waals surface area contributed by atoms with E-state index >= 15 is 0 Å². The van der Waals surface area contributed by atoms with Gasteiger partial charge >= 0.3 is 0 Å². The molecule has 4 aromatic carbocycles. The zero-order valence-corrected chi connectivity index (χ0v) is 29.3. The molecule has 0 saturated heterocycles. The fourth-order valence-corrected chi connectivity index (χ4v) is 7.62. The molecule has 0 radical (unpaired) electrons. The molecule has 2 aromatic heterocycles. The third-order valence-corrected chi connectivity index (χ3v) is 10.7. The maximum absolute atomic E-state index is 14.9. The third kappa shape index (κ3) is 7.62. The maximum atomic E-state index is 14.9. The molecule has 52 heavy (non-hydrogen) atoms. The van der Waals surface area contributed by atoms with Crippen LogP contribution in [0.3, 0.4) is 0 Å². The van der Waals surface area contributed by atoms with Crippen molar-refractivity contribution in [1.82, 2.24) is 9.97 Å². The summed E-state index contributed by atoms with van der Waals surface area (Å²) in [5.41, 5.74) is 0.518. The first kappa shape index (κ1) is 35.3. The Bertz CT molecular complexity index is 2400. The summed E-state index contributed by atoms with van der Waals surface area (Å²) in [7, 11) is -6.08. The highest BCUT2D eigenvalue weighted by atomic mass is 32.2. The van der Waals surface area contributed by atoms with Crippen LogP contribution in [-0.2, 0) is 20.0 Å². The van der Waals surface area contributed by atoms with Crippen LogP contribution in [0.5, 0.6) is 23.0 Å². The first-order chi connectivity index (χ1) is 25.0. The number of aromatic nitrogens is 2. The van der Waals surface area contributed by atoms with E-state index in [1.165, 1.54) is 130 Å². The van der Waals surface area contributed by atoms with Gasteiger partial charge in [-0.25, -0.2) is 31.1 Å². The van der Waals surface area contributed by atoms with E-state index in [2.05, 4.69) is 25.3 Å². The fourth-order valence-electron chi connectivity index (χ4n) is 5.03. The Hall–Kier alpha value is -6.52. The van der Waals surface area contributed by atoms with Gasteiger partial charge in [0.15, 0.2) is 11.6 Å². The Morgan fingerprint density at radius 2 is 1.08 bits per heavy atom. The highest BCUT2D eigenvalue weighted by Gasteiger charge is 2.34. The van der Waals surface area contributed by atoms with Crippen molar-refractivity contribution >= 4 is 60.1 Å². The molecule has 16 heteroatoms. The zero-order valence-electron chi connectivity index (χ0n) is 27.6. The number of aromatic hydroxyl groups is 2. The van der Waals surface area contributed by atoms with Crippen LogP contribution in [0.1, 0.15) is 0 Å². The predicted molar refractivity (Wildman–Crippen MR) is 197 cm³/mol. The van der Waals surface area contributed by atoms with E-state index in [9.17, 15) is 27.0 Å². The van der Waals surface area contributed by atoms with Crippen LogP contribution in [0.15, 0.2) is 137 Å². The summed E-state index contributed by atoms with van der Waals surface area (Å²) in [6, 6.07) is 27.7. The van der Waals surface area contributed by atoms with Gasteiger partial charge in [-0.15, -0.1) is 0 Å². The zero-order chi connectivity index (χ0) is 36.9. The second-order valence-corrected chi connectivity index (χ2v) is 14.5. The standard InChI is InChI=1S/C36H32N6O8S2/c1-49-28-13-17-30(18-14-28)51(45,46)41-34-32(21-23-38-36(34)40-25-7-11-27(44)12-8-25)42(52(47,48)31-19-15-29(50-2)16-20-31)33-4-3-22-37-35(33)39-24-5-9-26(43)10-6-24/h3-23,41,43-44H,1-2H3,(H,37,39)(H,38,40). The number of pyridine rings is 2. The maximum Gasteiger partial charge on any atom is 0.268 e. The number of nitrogens with zero attached hydrogens (tertiary/aromatic N) is 3. The summed E-state index contributed by atoms with van der Waals surface area (Å²) in [6.07, 6.45) is 2.78. The van der Waals surface area contributed by atoms with Crippen molar-refractivity contribution in [2.24, 2.45) is 0 Å². The lowest BCUT2D eigenvalue weighted by Crippen LogP contribution is -2.29. The molecule has 0 aliphatic heterocycles. The van der Waals surface area contributed by atoms with Crippen molar-refractivity contribution in [1.29, 1.82) is 0 Å². The summed E-state index contributed by atoms with van der Waals surface area (Å²) < 4.78 is 71.8. The number of phenols is 2. The molecule has 6 rings (SSSR count). The van der Waals surface area contributed by atoms with E-state index in [0.717, 1.165) is 4.31 Å². The van der Waals surface area contributed by atoms with Gasteiger partial charge in [0.2, 0.25) is 0 Å². The molecule has 5 N–H and O–H groups in total. The van der Waals surface area contributed by atoms with Crippen molar-refractivity contribution < 1.29 is 36.5 Å². The van der Waals surface area contributed by atoms with Crippen LogP contribution < -0.4 is 29.1 Å². The van der Waals surface area contributed by atoms with E-state index in [1.807, 2.05) is 0 Å². The van der Waals surface area contributed by atoms with Gasteiger partial charge in [-0.1, -0.05) is 0 Å². The number of hydrogen-bond acceptors (Lipinski definition) is 12. The SMILES string of the molecule is COc1ccc(S(=O)(=O)Nc2c(N(c3cccnc3Nc3ccc(O)cc3)S(=O)(=O)c3ccc(OC)cc3)ccnc2Nc2ccc(O)cc2)cc1. The molecule has 2 heterocycles. The number of benzene rings is 4. The van der Waals surface area contributed by atoms with E-state index in [0.29, 0.717) is 22.9 Å². The first-order valence-corrected chi connectivity index (χ1v) is 18.3. The van der Waals surface area contributed by atoms with Crippen LogP contribution in [0.25, 0.3) is 0 Å². The van der Waals surface area contributed by atoms with Crippen LogP contribution in [-0.4, -0.2) is 51.2 Å². The Labute approximate surface area is 300 Å². The van der Waals surface area contributed by atoms with Crippen molar-refractivity contribution in [2.45, 2.75) is 9.79 Å². The average molecular weight is 741 g/mol. The molecule has 0 atom stereocenters. The Morgan fingerprint density at radius 3 is 1.62 bits per heavy atom. The predicted octanol–water partition coefficient (Wildman–Crippen LogP) is 6.72. The number of ether oxygens (including phenoxy) is 2. The Balaban J connectivity index is 1.59. The minimum Gasteiger partial charge on any atom is -0.508 e. The van der Waals surface area contributed by atoms with Gasteiger partial charge in [-0.05, 0) is 115 Å². The fraction of sp³-hybridized carbons (Fsp3) is 0.0556. The number of methoxy groups -OCH3 is 2. The van der Waals surface area contributed by atoms with Crippen molar-refractivity contribution in [3.05, 3.63) is 128 Å². The van der Waals surface area contributed by atoms with Gasteiger partial charge in [0.25, 0.3) is 20.0 Å². The van der Waals surface area contributed by atoms with E-state index < -0.39 is 20.0 Å². The summed E-state index contributed by atoms with van der Waals surface area (Å²) >= 11 is 0. The van der Waals surface area contributed by atoms with Crippen LogP contribution in [0.4, 0.5) is 40.1 Å². The minimum absolute atomic E-state index is 0.00492. The summed E-state index contributed by atoms with van der Waals surface area (Å²) in [6.45, 7) is 0. The molecule has 0 saturated carbocycles. The molecule has 14 nitrogen and oxygen atoms in total. The molecular formula is C36H32N6O8S2. The van der Waals surface area contributed by atoms with Crippen LogP contribution >= 0.6 is 0 Å². The van der Waals surface area contributed by atoms with Gasteiger partial charge in [-0.2, -0.15) is 0 Å². The van der Waals surface area contributed by atoms with Crippen LogP contribution in [0.2, 0.25) is 0 Å². The molecular weight excluding hydrogens is 709 g/mol. The number of hydrogen-bond donors (Lipinski definition) is 5. The molecule has 6 aromatic rings. The highest BCUT2D eigenvalue weighted by Crippen LogP contribution is 2.44. The van der Waals surface area contributed by atoms with Gasteiger partial charge in [0, 0.05) is 23.8 Å². The summed E-state index contributed by atoms with van der Waals surface area (Å²) in [5.74, 6) is 0.882. The lowest BCUT2D eigenvalue weighted by molar-refractivity contribution is 0.414. The first-order valence-electron chi connectivity index (χ1n) is 15.4. The van der Waals surface area contributed by atoms with Gasteiger partial charge in [0.05, 0.1) is 29.7 Å². The molecule has 0 bridgehead atoms. The van der Waals surface area contributed by atoms with E-state index in [1.54, 1.807) is 12.1 Å². The normalized spacial score (nSPS) is 11.3. The number of rotatable bonds is 13.